The Bertz CT molecular complexity index is 1350. The molecule has 7 N–H and O–H groups in total. The molecule has 36 heavy (non-hydrogen) atoms. The normalized spacial score (nSPS) is 17.2. The monoisotopic (exact) mass is 510 g/mol. The molecule has 1 heterocycles. The zero-order chi connectivity index (χ0) is 26.5. The van der Waals surface area contributed by atoms with Gasteiger partial charge in [-0.25, -0.2) is 4.79 Å². The number of carbonyl (C=O) groups excluding carboxylic acids is 1. The van der Waals surface area contributed by atoms with Gasteiger partial charge in [0, 0.05) is 29.7 Å². The first-order valence-corrected chi connectivity index (χ1v) is 10.1. The van der Waals surface area contributed by atoms with Gasteiger partial charge in [-0.2, -0.15) is 13.2 Å². The molecule has 0 fully saturated rings. The van der Waals surface area contributed by atoms with Crippen molar-refractivity contribution in [2.45, 2.75) is 24.8 Å². The van der Waals surface area contributed by atoms with Crippen LogP contribution in [0.3, 0.4) is 0 Å². The Morgan fingerprint density at radius 2 is 1.44 bits per heavy atom. The molecule has 0 saturated carbocycles. The number of hydrogen-bond donors (Lipinski definition) is 7. The summed E-state index contributed by atoms with van der Waals surface area (Å²) in [6.45, 7) is 0. The molecule has 4 rings (SSSR count). The molecule has 0 aliphatic carbocycles. The van der Waals surface area contributed by atoms with E-state index in [0.29, 0.717) is 6.07 Å². The number of rotatable bonds is 3. The average Bonchev–Trinajstić information content (AvgIpc) is 2.77. The lowest BCUT2D eigenvalue weighted by Crippen LogP contribution is -2.35. The van der Waals surface area contributed by atoms with Gasteiger partial charge in [-0.15, -0.1) is 0 Å². The van der Waals surface area contributed by atoms with E-state index in [9.17, 15) is 53.7 Å². The van der Waals surface area contributed by atoms with Gasteiger partial charge in [0.2, 0.25) is 0 Å². The number of benzene rings is 3. The van der Waals surface area contributed by atoms with Crippen LogP contribution in [-0.2, 0) is 17.3 Å². The Balaban J connectivity index is 1.79. The van der Waals surface area contributed by atoms with Crippen molar-refractivity contribution in [3.63, 3.8) is 0 Å². The minimum absolute atomic E-state index is 0.0265. The van der Waals surface area contributed by atoms with E-state index < -0.39 is 75.7 Å². The van der Waals surface area contributed by atoms with E-state index in [2.05, 4.69) is 0 Å². The van der Waals surface area contributed by atoms with Crippen molar-refractivity contribution in [1.29, 1.82) is 0 Å². The SMILES string of the molecule is O=C(O[C@@H]1Cc2c(O)cc(O)cc2O[C@H]1c1cc(O)c(O)c(O)c1)c1cc(O)c(O)cc1C(F)(F)F. The van der Waals surface area contributed by atoms with E-state index in [4.69, 9.17) is 9.47 Å². The highest BCUT2D eigenvalue weighted by Crippen LogP contribution is 2.46. The van der Waals surface area contributed by atoms with Crippen LogP contribution in [0.5, 0.6) is 46.0 Å². The third-order valence-electron chi connectivity index (χ3n) is 5.49. The largest absolute Gasteiger partial charge is 0.508 e. The number of halogens is 3. The standard InChI is InChI=1S/C23H17F3O10/c24-23(25,26)12-7-15(30)14(29)5-10(12)22(34)36-19-6-11-13(28)3-9(27)4-18(11)35-21(19)8-1-16(31)20(33)17(32)2-8/h1-5,7,19,21,27-33H,6H2/t19-,21+/m1/s1. The van der Waals surface area contributed by atoms with Gasteiger partial charge in [0.05, 0.1) is 11.1 Å². The number of ether oxygens (including phenoxy) is 2. The lowest BCUT2D eigenvalue weighted by atomic mass is 9.93. The maximum absolute atomic E-state index is 13.5. The maximum atomic E-state index is 13.5. The summed E-state index contributed by atoms with van der Waals surface area (Å²) in [4.78, 5) is 12.8. The lowest BCUT2D eigenvalue weighted by molar-refractivity contribution is -0.138. The van der Waals surface area contributed by atoms with Crippen molar-refractivity contribution in [3.8, 4) is 46.0 Å². The zero-order valence-electron chi connectivity index (χ0n) is 17.8. The predicted octanol–water partition coefficient (Wildman–Crippen LogP) is 3.55. The van der Waals surface area contributed by atoms with Crippen LogP contribution in [0.15, 0.2) is 36.4 Å². The molecular formula is C23H17F3O10. The first kappa shape index (κ1) is 24.4. The van der Waals surface area contributed by atoms with Crippen molar-refractivity contribution < 1.29 is 63.2 Å². The second kappa shape index (κ2) is 8.52. The van der Waals surface area contributed by atoms with Gasteiger partial charge in [0.25, 0.3) is 0 Å². The molecule has 0 unspecified atom stereocenters. The van der Waals surface area contributed by atoms with Crippen molar-refractivity contribution >= 4 is 5.97 Å². The second-order valence-electron chi connectivity index (χ2n) is 7.92. The van der Waals surface area contributed by atoms with Gasteiger partial charge in [0.1, 0.15) is 23.4 Å². The molecule has 3 aromatic rings. The molecule has 1 aliphatic heterocycles. The smallest absolute Gasteiger partial charge is 0.417 e. The van der Waals surface area contributed by atoms with E-state index in [1.807, 2.05) is 0 Å². The van der Waals surface area contributed by atoms with E-state index in [-0.39, 0.29) is 29.4 Å². The quantitative estimate of drug-likeness (QED) is 0.204. The van der Waals surface area contributed by atoms with Gasteiger partial charge < -0.3 is 45.2 Å². The Labute approximate surface area is 199 Å². The summed E-state index contributed by atoms with van der Waals surface area (Å²) in [6, 6.07) is 4.49. The first-order valence-electron chi connectivity index (χ1n) is 10.1. The molecule has 0 amide bonds. The number of aromatic hydroxyl groups is 7. The van der Waals surface area contributed by atoms with Crippen LogP contribution in [-0.4, -0.2) is 47.8 Å². The van der Waals surface area contributed by atoms with E-state index in [1.54, 1.807) is 0 Å². The minimum Gasteiger partial charge on any atom is -0.508 e. The fraction of sp³-hybridized carbons (Fsp3) is 0.174. The van der Waals surface area contributed by atoms with Crippen LogP contribution >= 0.6 is 0 Å². The summed E-state index contributed by atoms with van der Waals surface area (Å²) in [7, 11) is 0. The summed E-state index contributed by atoms with van der Waals surface area (Å²) < 4.78 is 51.5. The van der Waals surface area contributed by atoms with Gasteiger partial charge >= 0.3 is 12.1 Å². The number of phenolic OH excluding ortho intramolecular Hbond substituents is 7. The number of hydrogen-bond acceptors (Lipinski definition) is 10. The molecule has 1 aliphatic rings. The summed E-state index contributed by atoms with van der Waals surface area (Å²) in [5.74, 6) is -7.11. The van der Waals surface area contributed by atoms with Crippen LogP contribution in [0.4, 0.5) is 13.2 Å². The number of alkyl halides is 3. The summed E-state index contributed by atoms with van der Waals surface area (Å²) in [6.07, 6.45) is -8.37. The molecule has 0 bridgehead atoms. The van der Waals surface area contributed by atoms with Gasteiger partial charge in [-0.3, -0.25) is 0 Å². The molecule has 13 heteroatoms. The number of carbonyl (C=O) groups is 1. The lowest BCUT2D eigenvalue weighted by Gasteiger charge is -2.34. The van der Waals surface area contributed by atoms with Crippen LogP contribution in [0, 0.1) is 0 Å². The van der Waals surface area contributed by atoms with Crippen molar-refractivity contribution in [1.82, 2.24) is 0 Å². The molecule has 0 saturated heterocycles. The molecule has 190 valence electrons. The fourth-order valence-corrected chi connectivity index (χ4v) is 3.80. The van der Waals surface area contributed by atoms with Crippen molar-refractivity contribution in [2.24, 2.45) is 0 Å². The topological polar surface area (TPSA) is 177 Å². The first-order chi connectivity index (χ1) is 16.8. The third kappa shape index (κ3) is 4.37. The summed E-state index contributed by atoms with van der Waals surface area (Å²) >= 11 is 0. The van der Waals surface area contributed by atoms with Crippen LogP contribution in [0.1, 0.15) is 33.2 Å². The van der Waals surface area contributed by atoms with Crippen LogP contribution in [0.25, 0.3) is 0 Å². The Morgan fingerprint density at radius 1 is 0.833 bits per heavy atom. The Morgan fingerprint density at radius 3 is 2.06 bits per heavy atom. The summed E-state index contributed by atoms with van der Waals surface area (Å²) in [5, 5.41) is 68.5. The molecule has 0 aromatic heterocycles. The molecular weight excluding hydrogens is 493 g/mol. The Hall–Kier alpha value is -4.68. The highest BCUT2D eigenvalue weighted by molar-refractivity contribution is 5.92. The molecule has 0 radical (unpaired) electrons. The highest BCUT2D eigenvalue weighted by Gasteiger charge is 2.41. The second-order valence-corrected chi connectivity index (χ2v) is 7.92. The fourth-order valence-electron chi connectivity index (χ4n) is 3.80. The molecule has 3 aromatic carbocycles. The average molecular weight is 510 g/mol. The van der Waals surface area contributed by atoms with Gasteiger partial charge in [0.15, 0.2) is 34.9 Å². The number of fused-ring (bicyclic) bond motifs is 1. The highest BCUT2D eigenvalue weighted by atomic mass is 19.4. The van der Waals surface area contributed by atoms with Gasteiger partial charge in [-0.05, 0) is 24.3 Å². The van der Waals surface area contributed by atoms with Crippen molar-refractivity contribution in [2.75, 3.05) is 0 Å². The molecule has 0 spiro atoms. The predicted molar refractivity (Wildman–Crippen MR) is 112 cm³/mol. The van der Waals surface area contributed by atoms with E-state index in [0.717, 1.165) is 24.3 Å². The minimum atomic E-state index is -5.11. The third-order valence-corrected chi connectivity index (χ3v) is 5.49. The summed E-state index contributed by atoms with van der Waals surface area (Å²) in [5.41, 5.74) is -2.78. The number of phenols is 7. The van der Waals surface area contributed by atoms with Crippen molar-refractivity contribution in [3.05, 3.63) is 58.7 Å². The van der Waals surface area contributed by atoms with Gasteiger partial charge in [-0.1, -0.05) is 0 Å². The van der Waals surface area contributed by atoms with E-state index >= 15 is 0 Å². The maximum Gasteiger partial charge on any atom is 0.417 e. The Kier molecular flexibility index (Phi) is 5.78. The van der Waals surface area contributed by atoms with E-state index in [1.165, 1.54) is 0 Å². The number of esters is 1. The molecule has 10 nitrogen and oxygen atoms in total. The van der Waals surface area contributed by atoms with Crippen LogP contribution in [0.2, 0.25) is 0 Å². The zero-order valence-corrected chi connectivity index (χ0v) is 17.8. The molecule has 2 atom stereocenters. The van der Waals surface area contributed by atoms with Crippen LogP contribution < -0.4 is 4.74 Å².